The monoisotopic (exact) mass is 280 g/mol. The highest BCUT2D eigenvalue weighted by molar-refractivity contribution is 5.82. The maximum Gasteiger partial charge on any atom is 0.240 e. The van der Waals surface area contributed by atoms with Crippen LogP contribution in [0.2, 0.25) is 0 Å². The van der Waals surface area contributed by atoms with Crippen LogP contribution < -0.4 is 5.32 Å². The number of amides is 1. The van der Waals surface area contributed by atoms with Crippen LogP contribution in [0.1, 0.15) is 71.6 Å². The van der Waals surface area contributed by atoms with E-state index >= 15 is 0 Å². The first-order valence-corrected chi connectivity index (χ1v) is 8.53. The van der Waals surface area contributed by atoms with Gasteiger partial charge < -0.3 is 10.2 Å². The summed E-state index contributed by atoms with van der Waals surface area (Å²) < 4.78 is 0. The van der Waals surface area contributed by atoms with E-state index in [0.717, 1.165) is 31.7 Å². The van der Waals surface area contributed by atoms with Gasteiger partial charge in [0.1, 0.15) is 0 Å². The molecule has 1 saturated heterocycles. The Labute approximate surface area is 124 Å². The summed E-state index contributed by atoms with van der Waals surface area (Å²) in [6.07, 6.45) is 11.3. The van der Waals surface area contributed by atoms with Crippen LogP contribution in [-0.4, -0.2) is 36.0 Å². The van der Waals surface area contributed by atoms with Crippen molar-refractivity contribution < 1.29 is 4.79 Å². The van der Waals surface area contributed by atoms with E-state index in [0.29, 0.717) is 5.91 Å². The molecule has 2 aliphatic rings. The van der Waals surface area contributed by atoms with Crippen molar-refractivity contribution in [2.45, 2.75) is 83.2 Å². The first-order chi connectivity index (χ1) is 9.54. The van der Waals surface area contributed by atoms with Gasteiger partial charge >= 0.3 is 0 Å². The molecule has 0 radical (unpaired) electrons. The average molecular weight is 280 g/mol. The molecule has 1 saturated carbocycles. The predicted molar refractivity (Wildman–Crippen MR) is 83.7 cm³/mol. The van der Waals surface area contributed by atoms with Crippen LogP contribution in [0.15, 0.2) is 0 Å². The smallest absolute Gasteiger partial charge is 0.240 e. The van der Waals surface area contributed by atoms with Crippen LogP contribution in [0.5, 0.6) is 0 Å². The fourth-order valence-electron chi connectivity index (χ4n) is 3.89. The van der Waals surface area contributed by atoms with E-state index in [1.807, 2.05) is 7.05 Å². The quantitative estimate of drug-likeness (QED) is 0.804. The molecule has 0 spiro atoms. The van der Waals surface area contributed by atoms with Crippen molar-refractivity contribution in [3.8, 4) is 0 Å². The van der Waals surface area contributed by atoms with Crippen molar-refractivity contribution in [3.05, 3.63) is 0 Å². The molecule has 1 aliphatic heterocycles. The Morgan fingerprint density at radius 3 is 2.35 bits per heavy atom. The maximum atomic E-state index is 12.8. The molecule has 1 heterocycles. The molecule has 0 aromatic heterocycles. The third kappa shape index (κ3) is 3.75. The number of carbonyl (C=O) groups excluding carboxylic acids is 1. The third-order valence-electron chi connectivity index (χ3n) is 5.34. The molecule has 1 atom stereocenters. The molecule has 0 aromatic rings. The van der Waals surface area contributed by atoms with Gasteiger partial charge in [0.05, 0.1) is 6.04 Å². The number of likely N-dealkylation sites (N-methyl/N-ethyl adjacent to an activating group) is 1. The molecule has 3 nitrogen and oxygen atoms in total. The number of nitrogens with zero attached hydrogens (tertiary/aromatic N) is 1. The predicted octanol–water partition coefficient (Wildman–Crippen LogP) is 3.34. The SMILES string of the molecule is CNC1CCCC(C)(C)N(CC2CCCCCC2)C1=O. The molecule has 1 aliphatic carbocycles. The second-order valence-corrected chi connectivity index (χ2v) is 7.35. The summed E-state index contributed by atoms with van der Waals surface area (Å²) in [4.78, 5) is 15.0. The minimum atomic E-state index is 0.0228. The molecule has 116 valence electrons. The highest BCUT2D eigenvalue weighted by atomic mass is 16.2. The van der Waals surface area contributed by atoms with Gasteiger partial charge in [-0.3, -0.25) is 4.79 Å². The average Bonchev–Trinajstić information content (AvgIpc) is 2.72. The van der Waals surface area contributed by atoms with Crippen molar-refractivity contribution in [1.82, 2.24) is 10.2 Å². The Bertz CT molecular complexity index is 319. The van der Waals surface area contributed by atoms with Crippen molar-refractivity contribution >= 4 is 5.91 Å². The molecular weight excluding hydrogens is 248 g/mol. The zero-order valence-corrected chi connectivity index (χ0v) is 13.6. The molecule has 1 amide bonds. The number of likely N-dealkylation sites (tertiary alicyclic amines) is 1. The summed E-state index contributed by atoms with van der Waals surface area (Å²) in [6.45, 7) is 5.48. The summed E-state index contributed by atoms with van der Waals surface area (Å²) in [5.41, 5.74) is 0.0228. The van der Waals surface area contributed by atoms with Gasteiger partial charge in [-0.1, -0.05) is 25.7 Å². The molecule has 0 bridgehead atoms. The first-order valence-electron chi connectivity index (χ1n) is 8.53. The highest BCUT2D eigenvalue weighted by Gasteiger charge is 2.38. The number of nitrogens with one attached hydrogen (secondary N) is 1. The molecule has 3 heteroatoms. The summed E-state index contributed by atoms with van der Waals surface area (Å²) in [5.74, 6) is 1.05. The van der Waals surface area contributed by atoms with Crippen LogP contribution in [-0.2, 0) is 4.79 Å². The zero-order valence-electron chi connectivity index (χ0n) is 13.6. The van der Waals surface area contributed by atoms with Crippen LogP contribution >= 0.6 is 0 Å². The fraction of sp³-hybridized carbons (Fsp3) is 0.941. The molecule has 1 unspecified atom stereocenters. The van der Waals surface area contributed by atoms with E-state index in [9.17, 15) is 4.79 Å². The third-order valence-corrected chi connectivity index (χ3v) is 5.34. The summed E-state index contributed by atoms with van der Waals surface area (Å²) >= 11 is 0. The van der Waals surface area contributed by atoms with Crippen molar-refractivity contribution in [3.63, 3.8) is 0 Å². The number of hydrogen-bond donors (Lipinski definition) is 1. The zero-order chi connectivity index (χ0) is 14.6. The Morgan fingerprint density at radius 2 is 1.75 bits per heavy atom. The maximum absolute atomic E-state index is 12.8. The lowest BCUT2D eigenvalue weighted by molar-refractivity contribution is -0.138. The van der Waals surface area contributed by atoms with E-state index in [1.54, 1.807) is 0 Å². The number of carbonyl (C=O) groups is 1. The van der Waals surface area contributed by atoms with Gasteiger partial charge in [-0.05, 0) is 58.9 Å². The Kier molecular flexibility index (Phi) is 5.48. The van der Waals surface area contributed by atoms with E-state index < -0.39 is 0 Å². The molecule has 1 N–H and O–H groups in total. The van der Waals surface area contributed by atoms with Crippen molar-refractivity contribution in [2.24, 2.45) is 5.92 Å². The second-order valence-electron chi connectivity index (χ2n) is 7.35. The summed E-state index contributed by atoms with van der Waals surface area (Å²) in [7, 11) is 1.92. The number of hydrogen-bond acceptors (Lipinski definition) is 2. The topological polar surface area (TPSA) is 32.3 Å². The molecule has 0 aromatic carbocycles. The minimum Gasteiger partial charge on any atom is -0.336 e. The van der Waals surface area contributed by atoms with Gasteiger partial charge in [-0.15, -0.1) is 0 Å². The van der Waals surface area contributed by atoms with E-state index in [2.05, 4.69) is 24.1 Å². The summed E-state index contributed by atoms with van der Waals surface area (Å²) in [5, 5.41) is 3.22. The Balaban J connectivity index is 2.08. The van der Waals surface area contributed by atoms with E-state index in [4.69, 9.17) is 0 Å². The van der Waals surface area contributed by atoms with Gasteiger partial charge in [0, 0.05) is 12.1 Å². The highest BCUT2D eigenvalue weighted by Crippen LogP contribution is 2.31. The van der Waals surface area contributed by atoms with Gasteiger partial charge in [0.2, 0.25) is 5.91 Å². The van der Waals surface area contributed by atoms with Gasteiger partial charge in [0.15, 0.2) is 0 Å². The second kappa shape index (κ2) is 6.93. The lowest BCUT2D eigenvalue weighted by Gasteiger charge is -2.40. The minimum absolute atomic E-state index is 0.0228. The van der Waals surface area contributed by atoms with Gasteiger partial charge in [-0.2, -0.15) is 0 Å². The lowest BCUT2D eigenvalue weighted by atomic mass is 9.93. The van der Waals surface area contributed by atoms with Crippen LogP contribution in [0.3, 0.4) is 0 Å². The largest absolute Gasteiger partial charge is 0.336 e. The van der Waals surface area contributed by atoms with Gasteiger partial charge in [-0.25, -0.2) is 0 Å². The fourth-order valence-corrected chi connectivity index (χ4v) is 3.89. The molecular formula is C17H32N2O. The molecule has 2 fully saturated rings. The van der Waals surface area contributed by atoms with Gasteiger partial charge in [0.25, 0.3) is 0 Å². The Hall–Kier alpha value is -0.570. The number of rotatable bonds is 3. The summed E-state index contributed by atoms with van der Waals surface area (Å²) in [6, 6.07) is 0.0301. The van der Waals surface area contributed by atoms with Crippen LogP contribution in [0.4, 0.5) is 0 Å². The molecule has 2 rings (SSSR count). The first kappa shape index (κ1) is 15.8. The lowest BCUT2D eigenvalue weighted by Crippen LogP contribution is -2.53. The van der Waals surface area contributed by atoms with E-state index in [1.165, 1.54) is 38.5 Å². The molecule has 20 heavy (non-hydrogen) atoms. The van der Waals surface area contributed by atoms with Crippen LogP contribution in [0, 0.1) is 5.92 Å². The normalized spacial score (nSPS) is 29.1. The van der Waals surface area contributed by atoms with Crippen LogP contribution in [0.25, 0.3) is 0 Å². The van der Waals surface area contributed by atoms with Crippen molar-refractivity contribution in [2.75, 3.05) is 13.6 Å². The Morgan fingerprint density at radius 1 is 1.10 bits per heavy atom. The standard InChI is InChI=1S/C17H32N2O/c1-17(2)12-8-11-15(18-3)16(20)19(17)13-14-9-6-4-5-7-10-14/h14-15,18H,4-13H2,1-3H3. The van der Waals surface area contributed by atoms with Crippen molar-refractivity contribution in [1.29, 1.82) is 0 Å². The van der Waals surface area contributed by atoms with E-state index in [-0.39, 0.29) is 11.6 Å².